The Hall–Kier alpha value is -1.08. The number of aromatic nitrogens is 2. The van der Waals surface area contributed by atoms with Crippen LogP contribution in [0.2, 0.25) is 0 Å². The average molecular weight is 384 g/mol. The van der Waals surface area contributed by atoms with E-state index in [2.05, 4.69) is 40.7 Å². The Morgan fingerprint density at radius 2 is 2.16 bits per heavy atom. The third-order valence-electron chi connectivity index (χ3n) is 2.52. The zero-order chi connectivity index (χ0) is 13.8. The molecular weight excluding hydrogens is 371 g/mol. The smallest absolute Gasteiger partial charge is 0.262 e. The topological polar surface area (TPSA) is 34.9 Å². The van der Waals surface area contributed by atoms with Gasteiger partial charge in [-0.3, -0.25) is 9.36 Å². The molecule has 0 saturated carbocycles. The molecule has 0 amide bonds. The first kappa shape index (κ1) is 14.3. The van der Waals surface area contributed by atoms with Crippen LogP contribution in [-0.2, 0) is 6.54 Å². The number of thioether (sulfide) groups is 1. The highest BCUT2D eigenvalue weighted by atomic mass is 127. The number of allylic oxidation sites excluding steroid dienone is 1. The van der Waals surface area contributed by atoms with E-state index in [1.54, 1.807) is 16.7 Å². The van der Waals surface area contributed by atoms with Crippen LogP contribution in [0, 0.1) is 3.57 Å². The minimum absolute atomic E-state index is 0.0185. The monoisotopic (exact) mass is 384 g/mol. The first-order valence-electron chi connectivity index (χ1n) is 5.72. The maximum atomic E-state index is 12.5. The predicted octanol–water partition coefficient (Wildman–Crippen LogP) is 3.47. The van der Waals surface area contributed by atoms with Crippen molar-refractivity contribution in [1.29, 1.82) is 0 Å². The van der Waals surface area contributed by atoms with E-state index >= 15 is 0 Å². The van der Waals surface area contributed by atoms with Gasteiger partial charge in [0.15, 0.2) is 5.16 Å². The van der Waals surface area contributed by atoms with Crippen LogP contribution in [-0.4, -0.2) is 15.3 Å². The highest BCUT2D eigenvalue weighted by molar-refractivity contribution is 14.1. The highest BCUT2D eigenvalue weighted by Crippen LogP contribution is 2.19. The molecule has 0 atom stereocenters. The van der Waals surface area contributed by atoms with Gasteiger partial charge in [0.2, 0.25) is 0 Å². The Kier molecular flexibility index (Phi) is 4.81. The summed E-state index contributed by atoms with van der Waals surface area (Å²) in [4.78, 5) is 17.0. The highest BCUT2D eigenvalue weighted by Gasteiger charge is 2.10. The second-order valence-electron chi connectivity index (χ2n) is 3.86. The molecule has 19 heavy (non-hydrogen) atoms. The van der Waals surface area contributed by atoms with Crippen LogP contribution < -0.4 is 5.56 Å². The summed E-state index contributed by atoms with van der Waals surface area (Å²) in [6, 6.07) is 5.70. The molecule has 0 aliphatic rings. The molecule has 0 radical (unpaired) electrons. The quantitative estimate of drug-likeness (QED) is 0.343. The van der Waals surface area contributed by atoms with E-state index in [1.165, 1.54) is 11.8 Å². The molecule has 5 heteroatoms. The van der Waals surface area contributed by atoms with Crippen LogP contribution in [0.5, 0.6) is 0 Å². The van der Waals surface area contributed by atoms with Crippen molar-refractivity contribution in [3.8, 4) is 0 Å². The van der Waals surface area contributed by atoms with Gasteiger partial charge in [0.1, 0.15) is 0 Å². The van der Waals surface area contributed by atoms with Crippen molar-refractivity contribution in [2.75, 3.05) is 5.75 Å². The predicted molar refractivity (Wildman–Crippen MR) is 89.8 cm³/mol. The normalized spacial score (nSPS) is 10.6. The van der Waals surface area contributed by atoms with Crippen molar-refractivity contribution in [2.24, 2.45) is 0 Å². The fourth-order valence-electron chi connectivity index (χ4n) is 1.71. The molecule has 1 aromatic heterocycles. The number of nitrogens with zero attached hydrogens (tertiary/aromatic N) is 2. The molecule has 98 valence electrons. The summed E-state index contributed by atoms with van der Waals surface area (Å²) in [5.41, 5.74) is 0.715. The Morgan fingerprint density at radius 3 is 2.84 bits per heavy atom. The van der Waals surface area contributed by atoms with E-state index in [-0.39, 0.29) is 5.56 Å². The summed E-state index contributed by atoms with van der Waals surface area (Å²) < 4.78 is 2.68. The van der Waals surface area contributed by atoms with Gasteiger partial charge in [-0.05, 0) is 40.8 Å². The summed E-state index contributed by atoms with van der Waals surface area (Å²) in [6.07, 6.45) is 3.51. The van der Waals surface area contributed by atoms with Gasteiger partial charge < -0.3 is 0 Å². The van der Waals surface area contributed by atoms with E-state index < -0.39 is 0 Å². The van der Waals surface area contributed by atoms with Gasteiger partial charge in [0, 0.05) is 15.9 Å². The van der Waals surface area contributed by atoms with Gasteiger partial charge in [0.05, 0.1) is 10.9 Å². The van der Waals surface area contributed by atoms with E-state index in [0.717, 1.165) is 14.8 Å². The molecule has 1 aromatic carbocycles. The van der Waals surface area contributed by atoms with Crippen LogP contribution in [0.25, 0.3) is 10.9 Å². The lowest BCUT2D eigenvalue weighted by Gasteiger charge is -2.10. The first-order valence-corrected chi connectivity index (χ1v) is 7.78. The molecule has 0 aliphatic carbocycles. The van der Waals surface area contributed by atoms with Crippen molar-refractivity contribution >= 4 is 45.3 Å². The average Bonchev–Trinajstić information content (AvgIpc) is 2.41. The Bertz CT molecular complexity index is 694. The molecule has 3 nitrogen and oxygen atoms in total. The Labute approximate surface area is 129 Å². The second-order valence-corrected chi connectivity index (χ2v) is 6.09. The van der Waals surface area contributed by atoms with Crippen LogP contribution >= 0.6 is 34.4 Å². The van der Waals surface area contributed by atoms with Gasteiger partial charge in [-0.1, -0.05) is 23.9 Å². The third-order valence-corrected chi connectivity index (χ3v) is 4.17. The fourth-order valence-corrected chi connectivity index (χ4v) is 2.94. The molecule has 0 bridgehead atoms. The summed E-state index contributed by atoms with van der Waals surface area (Å²) in [6.45, 7) is 7.85. The standard InChI is InChI=1S/C14H13IN2OS/c1-3-7-17-13(18)11-9-10(15)5-6-12(11)16-14(17)19-8-4-2/h3-6,9H,1-2,7-8H2. The summed E-state index contributed by atoms with van der Waals surface area (Å²) in [5.74, 6) is 0.722. The lowest BCUT2D eigenvalue weighted by Crippen LogP contribution is -2.22. The van der Waals surface area contributed by atoms with E-state index in [9.17, 15) is 4.79 Å². The van der Waals surface area contributed by atoms with Crippen LogP contribution in [0.4, 0.5) is 0 Å². The first-order chi connectivity index (χ1) is 9.17. The van der Waals surface area contributed by atoms with Crippen LogP contribution in [0.1, 0.15) is 0 Å². The molecule has 0 spiro atoms. The molecule has 0 N–H and O–H groups in total. The van der Waals surface area contributed by atoms with E-state index in [1.807, 2.05) is 18.2 Å². The lowest BCUT2D eigenvalue weighted by molar-refractivity contribution is 0.672. The number of halogens is 1. The molecule has 0 unspecified atom stereocenters. The van der Waals surface area contributed by atoms with Crippen molar-refractivity contribution in [3.05, 3.63) is 57.4 Å². The van der Waals surface area contributed by atoms with E-state index in [0.29, 0.717) is 17.1 Å². The molecule has 0 fully saturated rings. The maximum Gasteiger partial charge on any atom is 0.262 e. The van der Waals surface area contributed by atoms with Gasteiger partial charge >= 0.3 is 0 Å². The molecule has 0 aliphatic heterocycles. The molecule has 0 saturated heterocycles. The second kappa shape index (κ2) is 6.38. The van der Waals surface area contributed by atoms with Gasteiger partial charge in [-0.15, -0.1) is 13.2 Å². The third kappa shape index (κ3) is 3.09. The maximum absolute atomic E-state index is 12.5. The van der Waals surface area contributed by atoms with Gasteiger partial charge in [-0.2, -0.15) is 0 Å². The minimum atomic E-state index is -0.0185. The SMILES string of the molecule is C=CCSc1nc2ccc(I)cc2c(=O)n1CC=C. The number of fused-ring (bicyclic) bond motifs is 1. The summed E-state index contributed by atoms with van der Waals surface area (Å²) in [7, 11) is 0. The molecule has 1 heterocycles. The summed E-state index contributed by atoms with van der Waals surface area (Å²) >= 11 is 3.70. The van der Waals surface area contributed by atoms with Crippen molar-refractivity contribution in [3.63, 3.8) is 0 Å². The van der Waals surface area contributed by atoms with Crippen LogP contribution in [0.3, 0.4) is 0 Å². The molecule has 2 rings (SSSR count). The Balaban J connectivity index is 2.69. The number of rotatable bonds is 5. The minimum Gasteiger partial charge on any atom is -0.283 e. The zero-order valence-corrected chi connectivity index (χ0v) is 13.3. The number of hydrogen-bond acceptors (Lipinski definition) is 3. The number of benzene rings is 1. The summed E-state index contributed by atoms with van der Waals surface area (Å²) in [5, 5.41) is 1.36. The fraction of sp³-hybridized carbons (Fsp3) is 0.143. The van der Waals surface area contributed by atoms with Crippen molar-refractivity contribution in [1.82, 2.24) is 9.55 Å². The Morgan fingerprint density at radius 1 is 1.37 bits per heavy atom. The van der Waals surface area contributed by atoms with E-state index in [4.69, 9.17) is 0 Å². The van der Waals surface area contributed by atoms with Crippen molar-refractivity contribution < 1.29 is 0 Å². The van der Waals surface area contributed by atoms with Crippen LogP contribution in [0.15, 0.2) is 53.5 Å². The number of hydrogen-bond donors (Lipinski definition) is 0. The molecular formula is C14H13IN2OS. The van der Waals surface area contributed by atoms with Crippen molar-refractivity contribution in [2.45, 2.75) is 11.7 Å². The van der Waals surface area contributed by atoms with Gasteiger partial charge in [-0.25, -0.2) is 4.98 Å². The lowest BCUT2D eigenvalue weighted by atomic mass is 10.2. The molecule has 2 aromatic rings. The largest absolute Gasteiger partial charge is 0.283 e. The van der Waals surface area contributed by atoms with Gasteiger partial charge in [0.25, 0.3) is 5.56 Å². The zero-order valence-electron chi connectivity index (χ0n) is 10.3.